The first kappa shape index (κ1) is 12.7. The normalized spacial score (nSPS) is 12.4. The van der Waals surface area contributed by atoms with E-state index in [9.17, 15) is 5.11 Å². The molecule has 0 saturated carbocycles. The van der Waals surface area contributed by atoms with E-state index >= 15 is 0 Å². The van der Waals surface area contributed by atoms with E-state index < -0.39 is 6.10 Å². The lowest BCUT2D eigenvalue weighted by Crippen LogP contribution is -2.11. The van der Waals surface area contributed by atoms with Crippen LogP contribution in [0.2, 0.25) is 0 Å². The number of furan rings is 1. The summed E-state index contributed by atoms with van der Waals surface area (Å²) in [5, 5.41) is 13.1. The summed E-state index contributed by atoms with van der Waals surface area (Å²) < 4.78 is 5.16. The molecule has 3 heteroatoms. The lowest BCUT2D eigenvalue weighted by atomic mass is 10.1. The van der Waals surface area contributed by atoms with Crippen LogP contribution in [0.3, 0.4) is 0 Å². The Hall–Kier alpha value is -1.74. The third kappa shape index (κ3) is 2.93. The molecule has 0 aliphatic carbocycles. The van der Waals surface area contributed by atoms with Gasteiger partial charge >= 0.3 is 0 Å². The molecule has 0 amide bonds. The average Bonchev–Trinajstić information content (AvgIpc) is 2.91. The molecule has 0 saturated heterocycles. The van der Waals surface area contributed by atoms with Crippen LogP contribution in [0, 0.1) is 6.92 Å². The van der Waals surface area contributed by atoms with E-state index in [1.54, 1.807) is 18.4 Å². The minimum atomic E-state index is -0.619. The molecule has 1 aromatic heterocycles. The zero-order valence-corrected chi connectivity index (χ0v) is 10.8. The molecule has 0 spiro atoms. The smallest absolute Gasteiger partial charge is 0.134 e. The van der Waals surface area contributed by atoms with Gasteiger partial charge in [0.2, 0.25) is 0 Å². The number of hydrogen-bond donors (Lipinski definition) is 2. The predicted octanol–water partition coefficient (Wildman–Crippen LogP) is 3.30. The van der Waals surface area contributed by atoms with Crippen LogP contribution in [0.1, 0.15) is 29.9 Å². The van der Waals surface area contributed by atoms with Crippen LogP contribution in [0.15, 0.2) is 41.0 Å². The van der Waals surface area contributed by atoms with Crippen molar-refractivity contribution in [1.82, 2.24) is 0 Å². The first-order valence-corrected chi connectivity index (χ1v) is 6.25. The predicted molar refractivity (Wildman–Crippen MR) is 72.7 cm³/mol. The van der Waals surface area contributed by atoms with Crippen LogP contribution in [-0.4, -0.2) is 11.7 Å². The molecule has 1 heterocycles. The SMILES string of the molecule is CCc1cc(NCC(O)c2ccco2)ccc1C. The molecular formula is C15H19NO2. The molecule has 0 aliphatic heterocycles. The third-order valence-corrected chi connectivity index (χ3v) is 3.10. The maximum Gasteiger partial charge on any atom is 0.134 e. The van der Waals surface area contributed by atoms with Crippen LogP contribution in [0.5, 0.6) is 0 Å². The van der Waals surface area contributed by atoms with Crippen molar-refractivity contribution >= 4 is 5.69 Å². The van der Waals surface area contributed by atoms with Gasteiger partial charge in [-0.1, -0.05) is 13.0 Å². The van der Waals surface area contributed by atoms with Gasteiger partial charge in [0.25, 0.3) is 0 Å². The number of benzene rings is 1. The highest BCUT2D eigenvalue weighted by Crippen LogP contribution is 2.18. The second-order valence-corrected chi connectivity index (χ2v) is 4.41. The van der Waals surface area contributed by atoms with Crippen LogP contribution < -0.4 is 5.32 Å². The van der Waals surface area contributed by atoms with Crippen LogP contribution in [-0.2, 0) is 6.42 Å². The number of aliphatic hydroxyl groups is 1. The van der Waals surface area contributed by atoms with E-state index in [0.29, 0.717) is 12.3 Å². The molecule has 96 valence electrons. The summed E-state index contributed by atoms with van der Waals surface area (Å²) >= 11 is 0. The Morgan fingerprint density at radius 1 is 1.33 bits per heavy atom. The highest BCUT2D eigenvalue weighted by molar-refractivity contribution is 5.48. The van der Waals surface area contributed by atoms with E-state index in [0.717, 1.165) is 12.1 Å². The summed E-state index contributed by atoms with van der Waals surface area (Å²) in [5.41, 5.74) is 3.66. The van der Waals surface area contributed by atoms with Gasteiger partial charge in [0.1, 0.15) is 11.9 Å². The number of nitrogens with one attached hydrogen (secondary N) is 1. The Bertz CT molecular complexity index is 491. The Kier molecular flexibility index (Phi) is 4.05. The summed E-state index contributed by atoms with van der Waals surface area (Å²) in [7, 11) is 0. The Balaban J connectivity index is 1.98. The molecule has 0 radical (unpaired) electrons. The summed E-state index contributed by atoms with van der Waals surface area (Å²) in [6.45, 7) is 4.70. The van der Waals surface area contributed by atoms with Crippen LogP contribution >= 0.6 is 0 Å². The number of rotatable bonds is 5. The highest BCUT2D eigenvalue weighted by atomic mass is 16.4. The highest BCUT2D eigenvalue weighted by Gasteiger charge is 2.09. The molecular weight excluding hydrogens is 226 g/mol. The molecule has 2 rings (SSSR count). The monoisotopic (exact) mass is 245 g/mol. The summed E-state index contributed by atoms with van der Waals surface area (Å²) in [4.78, 5) is 0. The molecule has 1 atom stereocenters. The standard InChI is InChI=1S/C15H19NO2/c1-3-12-9-13(7-6-11(12)2)16-10-14(17)15-5-4-8-18-15/h4-9,14,16-17H,3,10H2,1-2H3. The Morgan fingerprint density at radius 2 is 2.17 bits per heavy atom. The molecule has 18 heavy (non-hydrogen) atoms. The molecule has 0 fully saturated rings. The minimum absolute atomic E-state index is 0.444. The van der Waals surface area contributed by atoms with E-state index in [1.165, 1.54) is 11.1 Å². The fraction of sp³-hybridized carbons (Fsp3) is 0.333. The van der Waals surface area contributed by atoms with Crippen molar-refractivity contribution in [2.24, 2.45) is 0 Å². The Labute approximate surface area is 107 Å². The number of hydrogen-bond acceptors (Lipinski definition) is 3. The van der Waals surface area contributed by atoms with Gasteiger partial charge in [0.15, 0.2) is 0 Å². The average molecular weight is 245 g/mol. The van der Waals surface area contributed by atoms with Gasteiger partial charge < -0.3 is 14.8 Å². The number of aryl methyl sites for hydroxylation is 2. The van der Waals surface area contributed by atoms with Crippen molar-refractivity contribution in [3.8, 4) is 0 Å². The Morgan fingerprint density at radius 3 is 2.83 bits per heavy atom. The molecule has 2 aromatic rings. The first-order valence-electron chi connectivity index (χ1n) is 6.25. The second kappa shape index (κ2) is 5.74. The molecule has 0 bridgehead atoms. The molecule has 3 nitrogen and oxygen atoms in total. The first-order chi connectivity index (χ1) is 8.70. The minimum Gasteiger partial charge on any atom is -0.467 e. The maximum atomic E-state index is 9.90. The zero-order chi connectivity index (χ0) is 13.0. The largest absolute Gasteiger partial charge is 0.467 e. The zero-order valence-electron chi connectivity index (χ0n) is 10.8. The van der Waals surface area contributed by atoms with Crippen molar-refractivity contribution in [1.29, 1.82) is 0 Å². The van der Waals surface area contributed by atoms with E-state index in [1.807, 2.05) is 6.07 Å². The second-order valence-electron chi connectivity index (χ2n) is 4.41. The van der Waals surface area contributed by atoms with Gasteiger partial charge in [-0.05, 0) is 48.7 Å². The maximum absolute atomic E-state index is 9.90. The van der Waals surface area contributed by atoms with Gasteiger partial charge in [0, 0.05) is 12.2 Å². The molecule has 2 N–H and O–H groups in total. The number of aliphatic hydroxyl groups excluding tert-OH is 1. The van der Waals surface area contributed by atoms with Crippen molar-refractivity contribution in [2.45, 2.75) is 26.4 Å². The van der Waals surface area contributed by atoms with Crippen molar-refractivity contribution in [3.05, 3.63) is 53.5 Å². The lowest BCUT2D eigenvalue weighted by molar-refractivity contribution is 0.162. The quantitative estimate of drug-likeness (QED) is 0.849. The fourth-order valence-corrected chi connectivity index (χ4v) is 1.96. The summed E-state index contributed by atoms with van der Waals surface area (Å²) in [5.74, 6) is 0.588. The van der Waals surface area contributed by atoms with E-state index in [-0.39, 0.29) is 0 Å². The van der Waals surface area contributed by atoms with Crippen LogP contribution in [0.4, 0.5) is 5.69 Å². The summed E-state index contributed by atoms with van der Waals surface area (Å²) in [6.07, 6.45) is 1.97. The lowest BCUT2D eigenvalue weighted by Gasteiger charge is -2.12. The van der Waals surface area contributed by atoms with Gasteiger partial charge in [-0.25, -0.2) is 0 Å². The fourth-order valence-electron chi connectivity index (χ4n) is 1.96. The summed E-state index contributed by atoms with van der Waals surface area (Å²) in [6, 6.07) is 9.81. The van der Waals surface area contributed by atoms with Gasteiger partial charge in [0.05, 0.1) is 6.26 Å². The van der Waals surface area contributed by atoms with Gasteiger partial charge in [-0.15, -0.1) is 0 Å². The molecule has 1 aromatic carbocycles. The van der Waals surface area contributed by atoms with Gasteiger partial charge in [-0.3, -0.25) is 0 Å². The molecule has 0 aliphatic rings. The van der Waals surface area contributed by atoms with Crippen LogP contribution in [0.25, 0.3) is 0 Å². The number of anilines is 1. The van der Waals surface area contributed by atoms with E-state index in [4.69, 9.17) is 4.42 Å². The van der Waals surface area contributed by atoms with E-state index in [2.05, 4.69) is 31.3 Å². The van der Waals surface area contributed by atoms with Crippen molar-refractivity contribution < 1.29 is 9.52 Å². The topological polar surface area (TPSA) is 45.4 Å². The van der Waals surface area contributed by atoms with Gasteiger partial charge in [-0.2, -0.15) is 0 Å². The molecule has 1 unspecified atom stereocenters. The third-order valence-electron chi connectivity index (χ3n) is 3.10. The van der Waals surface area contributed by atoms with Crippen molar-refractivity contribution in [3.63, 3.8) is 0 Å². The van der Waals surface area contributed by atoms with Crippen molar-refractivity contribution in [2.75, 3.05) is 11.9 Å².